The van der Waals surface area contributed by atoms with E-state index in [0.717, 1.165) is 33.4 Å². The van der Waals surface area contributed by atoms with Gasteiger partial charge in [-0.05, 0) is 42.2 Å². The summed E-state index contributed by atoms with van der Waals surface area (Å²) in [5, 5.41) is 2.19. The molecule has 0 radical (unpaired) electrons. The molecule has 1 heterocycles. The molecule has 5 heteroatoms. The number of fused-ring (bicyclic) bond motifs is 1. The van der Waals surface area contributed by atoms with E-state index in [1.54, 1.807) is 11.8 Å². The first-order valence-corrected chi connectivity index (χ1v) is 9.78. The van der Waals surface area contributed by atoms with Crippen LogP contribution in [0.3, 0.4) is 0 Å². The molecule has 0 aliphatic carbocycles. The third kappa shape index (κ3) is 4.44. The molecule has 0 atom stereocenters. The number of nitrogens with zero attached hydrogens (tertiary/aromatic N) is 2. The fourth-order valence-electron chi connectivity index (χ4n) is 2.57. The van der Waals surface area contributed by atoms with Gasteiger partial charge in [0.05, 0.1) is 10.9 Å². The molecule has 0 saturated heterocycles. The van der Waals surface area contributed by atoms with Gasteiger partial charge < -0.3 is 0 Å². The summed E-state index contributed by atoms with van der Waals surface area (Å²) in [6, 6.07) is 15.3. The molecular formula is C20H21ClN2OS. The van der Waals surface area contributed by atoms with Crippen LogP contribution in [0.25, 0.3) is 10.9 Å². The number of halogens is 1. The molecule has 3 rings (SSSR count). The Morgan fingerprint density at radius 3 is 2.56 bits per heavy atom. The van der Waals surface area contributed by atoms with Crippen molar-refractivity contribution in [1.82, 2.24) is 9.55 Å². The Bertz CT molecular complexity index is 919. The first-order chi connectivity index (χ1) is 12.0. The van der Waals surface area contributed by atoms with Gasteiger partial charge in [0.25, 0.3) is 5.56 Å². The Morgan fingerprint density at radius 2 is 1.84 bits per heavy atom. The highest BCUT2D eigenvalue weighted by Gasteiger charge is 2.12. The van der Waals surface area contributed by atoms with Crippen molar-refractivity contribution in [3.8, 4) is 0 Å². The molecule has 0 aliphatic rings. The normalized spacial score (nSPS) is 11.4. The van der Waals surface area contributed by atoms with Crippen molar-refractivity contribution < 1.29 is 0 Å². The molecule has 0 bridgehead atoms. The summed E-state index contributed by atoms with van der Waals surface area (Å²) in [5.74, 6) is 1.29. The minimum absolute atomic E-state index is 0.0462. The molecule has 3 nitrogen and oxygen atoms in total. The van der Waals surface area contributed by atoms with E-state index in [1.807, 2.05) is 53.1 Å². The van der Waals surface area contributed by atoms with E-state index in [4.69, 9.17) is 16.6 Å². The number of thioether (sulfide) groups is 1. The molecule has 1 aromatic heterocycles. The van der Waals surface area contributed by atoms with Crippen LogP contribution in [-0.4, -0.2) is 9.55 Å². The lowest BCUT2D eigenvalue weighted by atomic mass is 10.1. The Kier molecular flexibility index (Phi) is 5.82. The molecule has 25 heavy (non-hydrogen) atoms. The SMILES string of the molecule is CC(C)CCn1c(SCc2ccc(Cl)cc2)nc2ccccc2c1=O. The zero-order valence-electron chi connectivity index (χ0n) is 14.4. The molecule has 0 unspecified atom stereocenters. The van der Waals surface area contributed by atoms with Gasteiger partial charge in [0.2, 0.25) is 0 Å². The Hall–Kier alpha value is -1.78. The Morgan fingerprint density at radius 1 is 1.12 bits per heavy atom. The van der Waals surface area contributed by atoms with E-state index >= 15 is 0 Å². The van der Waals surface area contributed by atoms with Crippen LogP contribution in [0.1, 0.15) is 25.8 Å². The average Bonchev–Trinajstić information content (AvgIpc) is 2.60. The summed E-state index contributed by atoms with van der Waals surface area (Å²) in [5.41, 5.74) is 1.96. The summed E-state index contributed by atoms with van der Waals surface area (Å²) in [4.78, 5) is 17.7. The number of rotatable bonds is 6. The zero-order chi connectivity index (χ0) is 17.8. The van der Waals surface area contributed by atoms with Gasteiger partial charge in [-0.2, -0.15) is 0 Å². The number of hydrogen-bond donors (Lipinski definition) is 0. The number of aromatic nitrogens is 2. The van der Waals surface area contributed by atoms with E-state index in [-0.39, 0.29) is 5.56 Å². The Balaban J connectivity index is 1.94. The number of para-hydroxylation sites is 1. The minimum Gasteiger partial charge on any atom is -0.287 e. The van der Waals surface area contributed by atoms with E-state index in [9.17, 15) is 4.79 Å². The van der Waals surface area contributed by atoms with Crippen LogP contribution in [0.5, 0.6) is 0 Å². The predicted molar refractivity (Wildman–Crippen MR) is 106 cm³/mol. The van der Waals surface area contributed by atoms with Crippen LogP contribution in [0, 0.1) is 5.92 Å². The van der Waals surface area contributed by atoms with Gasteiger partial charge in [-0.25, -0.2) is 4.98 Å². The maximum absolute atomic E-state index is 12.9. The topological polar surface area (TPSA) is 34.9 Å². The average molecular weight is 373 g/mol. The van der Waals surface area contributed by atoms with Gasteiger partial charge in [-0.3, -0.25) is 9.36 Å². The van der Waals surface area contributed by atoms with Crippen molar-refractivity contribution in [3.63, 3.8) is 0 Å². The molecule has 3 aromatic rings. The smallest absolute Gasteiger partial charge is 0.262 e. The maximum atomic E-state index is 12.9. The lowest BCUT2D eigenvalue weighted by Gasteiger charge is -2.14. The van der Waals surface area contributed by atoms with E-state index in [1.165, 1.54) is 0 Å². The molecular weight excluding hydrogens is 352 g/mol. The predicted octanol–water partition coefficient (Wildman–Crippen LogP) is 5.39. The van der Waals surface area contributed by atoms with E-state index < -0.39 is 0 Å². The summed E-state index contributed by atoms with van der Waals surface area (Å²) >= 11 is 7.54. The largest absolute Gasteiger partial charge is 0.287 e. The number of hydrogen-bond acceptors (Lipinski definition) is 3. The van der Waals surface area contributed by atoms with Gasteiger partial charge in [0.1, 0.15) is 0 Å². The molecule has 130 valence electrons. The summed E-state index contributed by atoms with van der Waals surface area (Å²) in [6.45, 7) is 5.03. The highest BCUT2D eigenvalue weighted by molar-refractivity contribution is 7.98. The van der Waals surface area contributed by atoms with Crippen LogP contribution >= 0.6 is 23.4 Å². The van der Waals surface area contributed by atoms with Crippen molar-refractivity contribution >= 4 is 34.3 Å². The fraction of sp³-hybridized carbons (Fsp3) is 0.300. The quantitative estimate of drug-likeness (QED) is 0.430. The third-order valence-corrected chi connectivity index (χ3v) is 5.34. The van der Waals surface area contributed by atoms with Gasteiger partial charge in [-0.1, -0.05) is 61.5 Å². The highest BCUT2D eigenvalue weighted by Crippen LogP contribution is 2.23. The second-order valence-electron chi connectivity index (χ2n) is 6.47. The van der Waals surface area contributed by atoms with E-state index in [0.29, 0.717) is 17.8 Å². The van der Waals surface area contributed by atoms with Gasteiger partial charge in [0, 0.05) is 17.3 Å². The summed E-state index contributed by atoms with van der Waals surface area (Å²) in [7, 11) is 0. The lowest BCUT2D eigenvalue weighted by Crippen LogP contribution is -2.24. The monoisotopic (exact) mass is 372 g/mol. The van der Waals surface area contributed by atoms with E-state index in [2.05, 4.69) is 13.8 Å². The van der Waals surface area contributed by atoms with Gasteiger partial charge in [0.15, 0.2) is 5.16 Å². The molecule has 0 fully saturated rings. The van der Waals surface area contributed by atoms with Crippen molar-refractivity contribution in [1.29, 1.82) is 0 Å². The van der Waals surface area contributed by atoms with Crippen LogP contribution in [0.2, 0.25) is 5.02 Å². The second-order valence-corrected chi connectivity index (χ2v) is 7.84. The second kappa shape index (κ2) is 8.07. The summed E-state index contributed by atoms with van der Waals surface area (Å²) < 4.78 is 1.82. The van der Waals surface area contributed by atoms with Crippen LogP contribution in [0.15, 0.2) is 58.5 Å². The van der Waals surface area contributed by atoms with Crippen molar-refractivity contribution in [2.75, 3.05) is 0 Å². The lowest BCUT2D eigenvalue weighted by molar-refractivity contribution is 0.481. The maximum Gasteiger partial charge on any atom is 0.262 e. The summed E-state index contributed by atoms with van der Waals surface area (Å²) in [6.07, 6.45) is 0.953. The fourth-order valence-corrected chi connectivity index (χ4v) is 3.68. The third-order valence-electron chi connectivity index (χ3n) is 4.04. The number of benzene rings is 2. The van der Waals surface area contributed by atoms with Gasteiger partial charge in [-0.15, -0.1) is 0 Å². The molecule has 0 N–H and O–H groups in total. The molecule has 0 spiro atoms. The van der Waals surface area contributed by atoms with Crippen molar-refractivity contribution in [3.05, 3.63) is 69.5 Å². The standard InChI is InChI=1S/C20H21ClN2OS/c1-14(2)11-12-23-19(24)17-5-3-4-6-18(17)22-20(23)25-13-15-7-9-16(21)10-8-15/h3-10,14H,11-13H2,1-2H3. The molecule has 0 aliphatic heterocycles. The van der Waals surface area contributed by atoms with Crippen LogP contribution in [-0.2, 0) is 12.3 Å². The minimum atomic E-state index is 0.0462. The molecule has 0 amide bonds. The Labute approximate surface area is 157 Å². The first kappa shape index (κ1) is 18.0. The zero-order valence-corrected chi connectivity index (χ0v) is 16.0. The van der Waals surface area contributed by atoms with Crippen molar-refractivity contribution in [2.45, 2.75) is 37.7 Å². The first-order valence-electron chi connectivity index (χ1n) is 8.41. The van der Waals surface area contributed by atoms with Crippen LogP contribution < -0.4 is 5.56 Å². The molecule has 2 aromatic carbocycles. The van der Waals surface area contributed by atoms with Crippen molar-refractivity contribution in [2.24, 2.45) is 5.92 Å². The van der Waals surface area contributed by atoms with Gasteiger partial charge >= 0.3 is 0 Å². The molecule has 0 saturated carbocycles. The highest BCUT2D eigenvalue weighted by atomic mass is 35.5. The van der Waals surface area contributed by atoms with Crippen LogP contribution in [0.4, 0.5) is 0 Å².